The van der Waals surface area contributed by atoms with Gasteiger partial charge in [0, 0.05) is 36.3 Å². The van der Waals surface area contributed by atoms with Crippen LogP contribution in [0.1, 0.15) is 40.3 Å². The SMILES string of the molecule is N#Cc1cc2nc(CN3CCc4cc(C(F)(F)F)c(OCc5ccc(Cl)cc5F)nc4C3)n(C[C@@H]3CCO3)c2nn1. The molecule has 1 aromatic carbocycles. The van der Waals surface area contributed by atoms with E-state index in [9.17, 15) is 22.8 Å². The number of pyridine rings is 1. The zero-order valence-electron chi connectivity index (χ0n) is 21.5. The van der Waals surface area contributed by atoms with Crippen LogP contribution in [0.5, 0.6) is 5.88 Å². The number of aromatic nitrogens is 5. The molecule has 2 aliphatic rings. The number of hydrogen-bond acceptors (Lipinski definition) is 8. The normalized spacial score (nSPS) is 17.2. The van der Waals surface area contributed by atoms with E-state index in [1.54, 1.807) is 6.07 Å². The van der Waals surface area contributed by atoms with Gasteiger partial charge < -0.3 is 14.0 Å². The molecule has 9 nitrogen and oxygen atoms in total. The van der Waals surface area contributed by atoms with Crippen LogP contribution in [-0.4, -0.2) is 48.9 Å². The number of rotatable bonds is 7. The summed E-state index contributed by atoms with van der Waals surface area (Å²) in [6.07, 6.45) is -3.46. The molecule has 6 rings (SSSR count). The molecule has 1 saturated heterocycles. The van der Waals surface area contributed by atoms with Crippen molar-refractivity contribution in [1.82, 2.24) is 29.6 Å². The maximum absolute atomic E-state index is 14.2. The Bertz CT molecular complexity index is 1670. The second kappa shape index (κ2) is 10.8. The number of ether oxygens (including phenoxy) is 2. The van der Waals surface area contributed by atoms with Crippen molar-refractivity contribution in [2.75, 3.05) is 13.2 Å². The van der Waals surface area contributed by atoms with Crippen molar-refractivity contribution in [2.45, 2.75) is 51.4 Å². The van der Waals surface area contributed by atoms with E-state index in [4.69, 9.17) is 26.1 Å². The van der Waals surface area contributed by atoms with Gasteiger partial charge in [0.25, 0.3) is 0 Å². The Balaban J connectivity index is 1.27. The highest BCUT2D eigenvalue weighted by molar-refractivity contribution is 6.30. The van der Waals surface area contributed by atoms with Crippen LogP contribution in [-0.2, 0) is 43.6 Å². The zero-order valence-corrected chi connectivity index (χ0v) is 22.2. The average molecular weight is 588 g/mol. The molecule has 5 heterocycles. The molecule has 0 bridgehead atoms. The standard InChI is InChI=1S/C27H22ClF4N7O2/c28-17-2-1-16(21(29)8-17)14-41-26-20(27(30,31)32)7-15-3-5-38(12-23(15)35-26)13-24-34-22-9-18(10-33)36-37-25(22)39(24)11-19-4-6-40-19/h1-2,7-9,19H,3-6,11-14H2/t19-/m0/s1. The molecule has 0 amide bonds. The van der Waals surface area contributed by atoms with Crippen molar-refractivity contribution < 1.29 is 27.0 Å². The first-order valence-corrected chi connectivity index (χ1v) is 13.2. The van der Waals surface area contributed by atoms with E-state index in [0.29, 0.717) is 60.9 Å². The van der Waals surface area contributed by atoms with Crippen LogP contribution >= 0.6 is 11.6 Å². The molecule has 2 aliphatic heterocycles. The summed E-state index contributed by atoms with van der Waals surface area (Å²) in [6, 6.07) is 8.46. The van der Waals surface area contributed by atoms with Crippen LogP contribution < -0.4 is 4.74 Å². The van der Waals surface area contributed by atoms with Gasteiger partial charge in [0.2, 0.25) is 5.88 Å². The lowest BCUT2D eigenvalue weighted by Crippen LogP contribution is -2.34. The molecule has 14 heteroatoms. The topological polar surface area (TPSA) is 102 Å². The Labute approximate surface area is 236 Å². The third-order valence-corrected chi connectivity index (χ3v) is 7.38. The average Bonchev–Trinajstić information content (AvgIpc) is 3.24. The number of nitrogens with zero attached hydrogens (tertiary/aromatic N) is 7. The Kier molecular flexibility index (Phi) is 7.23. The van der Waals surface area contributed by atoms with Gasteiger partial charge in [-0.15, -0.1) is 10.2 Å². The second-order valence-corrected chi connectivity index (χ2v) is 10.3. The van der Waals surface area contributed by atoms with Gasteiger partial charge in [0.05, 0.1) is 24.9 Å². The fourth-order valence-corrected chi connectivity index (χ4v) is 5.06. The first-order valence-electron chi connectivity index (χ1n) is 12.8. The predicted molar refractivity (Wildman–Crippen MR) is 137 cm³/mol. The Morgan fingerprint density at radius 1 is 1.17 bits per heavy atom. The number of alkyl halides is 3. The summed E-state index contributed by atoms with van der Waals surface area (Å²) in [5, 5.41) is 17.5. The molecule has 212 valence electrons. The summed E-state index contributed by atoms with van der Waals surface area (Å²) in [4.78, 5) is 11.0. The first kappa shape index (κ1) is 27.3. The quantitative estimate of drug-likeness (QED) is 0.283. The fraction of sp³-hybridized carbons (Fsp3) is 0.370. The fourth-order valence-electron chi connectivity index (χ4n) is 4.90. The molecule has 4 aromatic rings. The van der Waals surface area contributed by atoms with E-state index in [2.05, 4.69) is 15.2 Å². The van der Waals surface area contributed by atoms with E-state index >= 15 is 0 Å². The molecule has 0 aliphatic carbocycles. The maximum Gasteiger partial charge on any atom is 0.421 e. The molecule has 0 saturated carbocycles. The number of imidazole rings is 1. The lowest BCUT2D eigenvalue weighted by Gasteiger charge is -2.30. The van der Waals surface area contributed by atoms with Crippen LogP contribution in [0, 0.1) is 17.1 Å². The van der Waals surface area contributed by atoms with Crippen molar-refractivity contribution >= 4 is 22.8 Å². The highest BCUT2D eigenvalue weighted by Crippen LogP contribution is 2.38. The Morgan fingerprint density at radius 2 is 2.00 bits per heavy atom. The number of benzene rings is 1. The molecular weight excluding hydrogens is 566 g/mol. The largest absolute Gasteiger partial charge is 0.472 e. The minimum atomic E-state index is -4.70. The molecule has 1 atom stereocenters. The Morgan fingerprint density at radius 3 is 2.71 bits per heavy atom. The van der Waals surface area contributed by atoms with Crippen molar-refractivity contribution in [3.63, 3.8) is 0 Å². The number of fused-ring (bicyclic) bond motifs is 2. The molecular formula is C27H22ClF4N7O2. The molecule has 3 aromatic heterocycles. The van der Waals surface area contributed by atoms with Crippen LogP contribution in [0.25, 0.3) is 11.2 Å². The van der Waals surface area contributed by atoms with Crippen molar-refractivity contribution in [1.29, 1.82) is 5.26 Å². The van der Waals surface area contributed by atoms with Crippen molar-refractivity contribution in [2.24, 2.45) is 0 Å². The first-order chi connectivity index (χ1) is 19.7. The van der Waals surface area contributed by atoms with E-state index in [1.807, 2.05) is 15.5 Å². The lowest BCUT2D eigenvalue weighted by molar-refractivity contribution is -0.139. The van der Waals surface area contributed by atoms with Gasteiger partial charge in [0.15, 0.2) is 11.3 Å². The Hall–Kier alpha value is -3.86. The number of nitriles is 1. The lowest BCUT2D eigenvalue weighted by atomic mass is 10.0. The minimum Gasteiger partial charge on any atom is -0.472 e. The van der Waals surface area contributed by atoms with Crippen LogP contribution in [0.3, 0.4) is 0 Å². The predicted octanol–water partition coefficient (Wildman–Crippen LogP) is 4.83. The van der Waals surface area contributed by atoms with Gasteiger partial charge in [-0.2, -0.15) is 18.4 Å². The summed E-state index contributed by atoms with van der Waals surface area (Å²) >= 11 is 5.77. The zero-order chi connectivity index (χ0) is 28.7. The van der Waals surface area contributed by atoms with E-state index in [0.717, 1.165) is 18.6 Å². The molecule has 0 N–H and O–H groups in total. The third-order valence-electron chi connectivity index (χ3n) is 7.14. The summed E-state index contributed by atoms with van der Waals surface area (Å²) in [7, 11) is 0. The molecule has 0 unspecified atom stereocenters. The van der Waals surface area contributed by atoms with Gasteiger partial charge >= 0.3 is 6.18 Å². The van der Waals surface area contributed by atoms with Gasteiger partial charge in [0.1, 0.15) is 35.4 Å². The monoisotopic (exact) mass is 587 g/mol. The van der Waals surface area contributed by atoms with Crippen molar-refractivity contribution in [3.05, 3.63) is 75.1 Å². The number of halogens is 5. The van der Waals surface area contributed by atoms with Gasteiger partial charge in [-0.1, -0.05) is 17.7 Å². The smallest absolute Gasteiger partial charge is 0.421 e. The van der Waals surface area contributed by atoms with Crippen molar-refractivity contribution in [3.8, 4) is 11.9 Å². The maximum atomic E-state index is 14.2. The van der Waals surface area contributed by atoms with Crippen LogP contribution in [0.4, 0.5) is 17.6 Å². The third kappa shape index (κ3) is 5.68. The van der Waals surface area contributed by atoms with E-state index < -0.39 is 30.0 Å². The van der Waals surface area contributed by atoms with E-state index in [1.165, 1.54) is 12.1 Å². The molecule has 0 radical (unpaired) electrons. The summed E-state index contributed by atoms with van der Waals surface area (Å²) in [5.74, 6) is -0.622. The van der Waals surface area contributed by atoms with Crippen LogP contribution in [0.2, 0.25) is 5.02 Å². The highest BCUT2D eigenvalue weighted by atomic mass is 35.5. The van der Waals surface area contributed by atoms with Crippen LogP contribution in [0.15, 0.2) is 30.3 Å². The second-order valence-electron chi connectivity index (χ2n) is 9.90. The van der Waals surface area contributed by atoms with Gasteiger partial charge in [-0.25, -0.2) is 14.4 Å². The number of hydrogen-bond donors (Lipinski definition) is 0. The highest BCUT2D eigenvalue weighted by Gasteiger charge is 2.37. The van der Waals surface area contributed by atoms with Gasteiger partial charge in [-0.05, 0) is 36.6 Å². The van der Waals surface area contributed by atoms with Gasteiger partial charge in [-0.3, -0.25) is 4.90 Å². The molecule has 41 heavy (non-hydrogen) atoms. The summed E-state index contributed by atoms with van der Waals surface area (Å²) in [5.41, 5.74) is 1.17. The summed E-state index contributed by atoms with van der Waals surface area (Å²) < 4.78 is 68.9. The molecule has 0 spiro atoms. The molecule has 1 fully saturated rings. The van der Waals surface area contributed by atoms with E-state index in [-0.39, 0.29) is 28.9 Å². The minimum absolute atomic E-state index is 0.0123. The summed E-state index contributed by atoms with van der Waals surface area (Å²) in [6.45, 7) is 1.83.